The monoisotopic (exact) mass is 438 g/mol. The second-order valence-corrected chi connectivity index (χ2v) is 10.4. The Labute approximate surface area is 189 Å². The second-order valence-electron chi connectivity index (χ2n) is 8.88. The summed E-state index contributed by atoms with van der Waals surface area (Å²) in [6.45, 7) is 10.3. The molecule has 3 atom stereocenters. The SMILES string of the molecule is CCc1cc(C)cc(CC)c1C1=C(O)CC(C(C)CS(=O)c2ccc(C)cc2)CC1=O. The van der Waals surface area contributed by atoms with Crippen molar-refractivity contribution in [3.8, 4) is 0 Å². The standard InChI is InChI=1S/C27H34O3S/c1-6-20-12-18(4)13-21(7-2)26(20)27-24(28)14-22(15-25(27)29)19(5)16-31(30)23-10-8-17(3)9-11-23/h8-13,19,22,28H,6-7,14-16H2,1-5H3. The lowest BCUT2D eigenvalue weighted by Gasteiger charge is -2.29. The average molecular weight is 439 g/mol. The van der Waals surface area contributed by atoms with Crippen LogP contribution in [0.4, 0.5) is 0 Å². The van der Waals surface area contributed by atoms with Gasteiger partial charge >= 0.3 is 0 Å². The number of carbonyl (C=O) groups is 1. The van der Waals surface area contributed by atoms with Crippen molar-refractivity contribution in [3.63, 3.8) is 0 Å². The summed E-state index contributed by atoms with van der Waals surface area (Å²) in [5.74, 6) is 0.780. The molecule has 0 bridgehead atoms. The molecule has 3 unspecified atom stereocenters. The predicted molar refractivity (Wildman–Crippen MR) is 129 cm³/mol. The number of carbonyl (C=O) groups excluding carboxylic acids is 1. The molecule has 31 heavy (non-hydrogen) atoms. The molecular weight excluding hydrogens is 404 g/mol. The summed E-state index contributed by atoms with van der Waals surface area (Å²) in [6.07, 6.45) is 2.51. The molecule has 3 nitrogen and oxygen atoms in total. The highest BCUT2D eigenvalue weighted by Crippen LogP contribution is 2.39. The smallest absolute Gasteiger partial charge is 0.167 e. The minimum Gasteiger partial charge on any atom is -0.512 e. The first-order valence-electron chi connectivity index (χ1n) is 11.3. The lowest BCUT2D eigenvalue weighted by molar-refractivity contribution is -0.115. The van der Waals surface area contributed by atoms with E-state index >= 15 is 0 Å². The Hall–Kier alpha value is -2.20. The van der Waals surface area contributed by atoms with Crippen LogP contribution in [0.25, 0.3) is 5.57 Å². The fourth-order valence-electron chi connectivity index (χ4n) is 4.59. The van der Waals surface area contributed by atoms with Crippen molar-refractivity contribution in [3.05, 3.63) is 70.0 Å². The molecule has 1 aliphatic carbocycles. The van der Waals surface area contributed by atoms with Crippen LogP contribution in [0.3, 0.4) is 0 Å². The Morgan fingerprint density at radius 1 is 1.00 bits per heavy atom. The van der Waals surface area contributed by atoms with Crippen LogP contribution >= 0.6 is 0 Å². The molecule has 3 rings (SSSR count). The summed E-state index contributed by atoms with van der Waals surface area (Å²) in [7, 11) is -1.11. The number of aliphatic hydroxyl groups excluding tert-OH is 1. The predicted octanol–water partition coefficient (Wildman–Crippen LogP) is 6.12. The molecule has 0 heterocycles. The number of hydrogen-bond donors (Lipinski definition) is 1. The maximum Gasteiger partial charge on any atom is 0.167 e. The molecule has 0 aliphatic heterocycles. The second kappa shape index (κ2) is 9.95. The number of allylic oxidation sites excluding steroid dienone is 2. The highest BCUT2D eigenvalue weighted by atomic mass is 32.2. The van der Waals surface area contributed by atoms with E-state index in [1.807, 2.05) is 38.1 Å². The highest BCUT2D eigenvalue weighted by Gasteiger charge is 2.33. The zero-order valence-electron chi connectivity index (χ0n) is 19.3. The van der Waals surface area contributed by atoms with Crippen molar-refractivity contribution in [2.45, 2.75) is 65.2 Å². The number of benzene rings is 2. The molecular formula is C27H34O3S. The van der Waals surface area contributed by atoms with E-state index in [4.69, 9.17) is 0 Å². The van der Waals surface area contributed by atoms with E-state index in [1.54, 1.807) is 0 Å². The Morgan fingerprint density at radius 2 is 1.58 bits per heavy atom. The van der Waals surface area contributed by atoms with Crippen molar-refractivity contribution in [1.82, 2.24) is 0 Å². The molecule has 1 aliphatic rings. The van der Waals surface area contributed by atoms with Crippen LogP contribution in [0.2, 0.25) is 0 Å². The Balaban J connectivity index is 1.84. The van der Waals surface area contributed by atoms with Gasteiger partial charge in [-0.2, -0.15) is 0 Å². The van der Waals surface area contributed by atoms with Gasteiger partial charge in [0, 0.05) is 23.5 Å². The van der Waals surface area contributed by atoms with Crippen LogP contribution in [0.1, 0.15) is 61.4 Å². The van der Waals surface area contributed by atoms with E-state index in [-0.39, 0.29) is 23.4 Å². The summed E-state index contributed by atoms with van der Waals surface area (Å²) in [5, 5.41) is 11.0. The fourth-order valence-corrected chi connectivity index (χ4v) is 5.97. The van der Waals surface area contributed by atoms with Gasteiger partial charge in [0.2, 0.25) is 0 Å². The highest BCUT2D eigenvalue weighted by molar-refractivity contribution is 7.85. The normalized spacial score (nSPS) is 18.9. The molecule has 1 N–H and O–H groups in total. The van der Waals surface area contributed by atoms with E-state index in [2.05, 4.69) is 32.9 Å². The molecule has 0 saturated heterocycles. The van der Waals surface area contributed by atoms with E-state index in [9.17, 15) is 14.1 Å². The third-order valence-corrected chi connectivity index (χ3v) is 8.06. The summed E-state index contributed by atoms with van der Waals surface area (Å²) in [4.78, 5) is 14.1. The number of ketones is 1. The van der Waals surface area contributed by atoms with Gasteiger partial charge in [-0.3, -0.25) is 9.00 Å². The summed E-state index contributed by atoms with van der Waals surface area (Å²) >= 11 is 0. The summed E-state index contributed by atoms with van der Waals surface area (Å²) in [5.41, 5.74) is 6.02. The van der Waals surface area contributed by atoms with Gasteiger partial charge in [-0.05, 0) is 67.3 Å². The third-order valence-electron chi connectivity index (χ3n) is 6.43. The van der Waals surface area contributed by atoms with Gasteiger partial charge in [0.25, 0.3) is 0 Å². The first-order valence-corrected chi connectivity index (χ1v) is 12.6. The van der Waals surface area contributed by atoms with Crippen LogP contribution < -0.4 is 0 Å². The van der Waals surface area contributed by atoms with E-state index in [1.165, 1.54) is 5.56 Å². The Kier molecular flexibility index (Phi) is 7.53. The van der Waals surface area contributed by atoms with Crippen molar-refractivity contribution < 1.29 is 14.1 Å². The fraction of sp³-hybridized carbons (Fsp3) is 0.444. The molecule has 0 radical (unpaired) electrons. The molecule has 2 aromatic carbocycles. The number of Topliss-reactive ketones (excluding diaryl/α,β-unsaturated/α-hetero) is 1. The molecule has 0 fully saturated rings. The van der Waals surface area contributed by atoms with E-state index in [0.29, 0.717) is 24.2 Å². The van der Waals surface area contributed by atoms with Crippen molar-refractivity contribution >= 4 is 22.2 Å². The zero-order valence-corrected chi connectivity index (χ0v) is 20.1. The molecule has 0 aromatic heterocycles. The summed E-state index contributed by atoms with van der Waals surface area (Å²) in [6, 6.07) is 12.0. The minimum absolute atomic E-state index is 0.00579. The lowest BCUT2D eigenvalue weighted by Crippen LogP contribution is -2.27. The first-order chi connectivity index (χ1) is 14.7. The molecule has 2 aromatic rings. The number of aryl methyl sites for hydroxylation is 4. The quantitative estimate of drug-likeness (QED) is 0.566. The maximum absolute atomic E-state index is 13.2. The van der Waals surface area contributed by atoms with E-state index < -0.39 is 10.8 Å². The van der Waals surface area contributed by atoms with Gasteiger partial charge in [-0.15, -0.1) is 0 Å². The summed E-state index contributed by atoms with van der Waals surface area (Å²) < 4.78 is 12.8. The molecule has 166 valence electrons. The van der Waals surface area contributed by atoms with Gasteiger partial charge in [0.1, 0.15) is 5.76 Å². The van der Waals surface area contributed by atoms with Crippen molar-refractivity contribution in [2.75, 3.05) is 5.75 Å². The van der Waals surface area contributed by atoms with E-state index in [0.717, 1.165) is 40.0 Å². The van der Waals surface area contributed by atoms with Gasteiger partial charge < -0.3 is 5.11 Å². The largest absolute Gasteiger partial charge is 0.512 e. The average Bonchev–Trinajstić information content (AvgIpc) is 2.73. The van der Waals surface area contributed by atoms with Crippen LogP contribution in [0, 0.1) is 25.7 Å². The first kappa shape index (κ1) is 23.5. The number of aliphatic hydroxyl groups is 1. The van der Waals surface area contributed by atoms with Crippen LogP contribution in [0.15, 0.2) is 47.1 Å². The zero-order chi connectivity index (χ0) is 22.7. The lowest BCUT2D eigenvalue weighted by atomic mass is 9.76. The van der Waals surface area contributed by atoms with Gasteiger partial charge in [-0.25, -0.2) is 0 Å². The van der Waals surface area contributed by atoms with Crippen molar-refractivity contribution in [2.24, 2.45) is 11.8 Å². The Bertz CT molecular complexity index is 992. The number of rotatable bonds is 7. The third kappa shape index (κ3) is 5.17. The van der Waals surface area contributed by atoms with Crippen LogP contribution in [-0.2, 0) is 28.4 Å². The maximum atomic E-state index is 13.2. The van der Waals surface area contributed by atoms with Crippen LogP contribution in [0.5, 0.6) is 0 Å². The van der Waals surface area contributed by atoms with Gasteiger partial charge in [0.15, 0.2) is 5.78 Å². The topological polar surface area (TPSA) is 54.4 Å². The molecule has 0 saturated carbocycles. The minimum atomic E-state index is -1.11. The Morgan fingerprint density at radius 3 is 2.10 bits per heavy atom. The van der Waals surface area contributed by atoms with Gasteiger partial charge in [-0.1, -0.05) is 56.2 Å². The molecule has 4 heteroatoms. The van der Waals surface area contributed by atoms with Crippen molar-refractivity contribution in [1.29, 1.82) is 0 Å². The number of hydrogen-bond acceptors (Lipinski definition) is 3. The molecule has 0 spiro atoms. The van der Waals surface area contributed by atoms with Crippen LogP contribution in [-0.4, -0.2) is 20.9 Å². The van der Waals surface area contributed by atoms with Gasteiger partial charge in [0.05, 0.1) is 16.4 Å². The molecule has 0 amide bonds.